The monoisotopic (exact) mass is 330 g/mol. The highest BCUT2D eigenvalue weighted by Crippen LogP contribution is 2.13. The zero-order chi connectivity index (χ0) is 16.1. The van der Waals surface area contributed by atoms with Crippen molar-refractivity contribution < 1.29 is 4.74 Å². The van der Waals surface area contributed by atoms with E-state index in [0.29, 0.717) is 10.9 Å². The smallest absolute Gasteiger partial charge is 0.217 e. The van der Waals surface area contributed by atoms with Gasteiger partial charge in [-0.1, -0.05) is 36.4 Å². The number of aromatic amines is 1. The largest absolute Gasteiger partial charge is 0.381 e. The molecule has 1 aromatic heterocycles. The number of hydrogen-bond acceptors (Lipinski definition) is 4. The van der Waals surface area contributed by atoms with Crippen LogP contribution in [0.2, 0.25) is 0 Å². The fourth-order valence-electron chi connectivity index (χ4n) is 2.77. The van der Waals surface area contributed by atoms with Crippen LogP contribution in [0, 0.1) is 4.77 Å². The van der Waals surface area contributed by atoms with Crippen LogP contribution in [-0.4, -0.2) is 46.0 Å². The van der Waals surface area contributed by atoms with Crippen LogP contribution in [0.3, 0.4) is 0 Å². The van der Waals surface area contributed by atoms with Gasteiger partial charge in [0.05, 0.1) is 12.8 Å². The van der Waals surface area contributed by atoms with Crippen LogP contribution in [-0.2, 0) is 11.4 Å². The van der Waals surface area contributed by atoms with Crippen molar-refractivity contribution in [2.45, 2.75) is 25.6 Å². The van der Waals surface area contributed by atoms with E-state index in [1.807, 2.05) is 35.0 Å². The van der Waals surface area contributed by atoms with E-state index in [0.717, 1.165) is 44.0 Å². The van der Waals surface area contributed by atoms with Gasteiger partial charge in [0.15, 0.2) is 0 Å². The molecule has 0 spiro atoms. The quantitative estimate of drug-likeness (QED) is 0.855. The maximum absolute atomic E-state index is 5.41. The maximum atomic E-state index is 5.41. The highest BCUT2D eigenvalue weighted by molar-refractivity contribution is 7.71. The Morgan fingerprint density at radius 2 is 2.00 bits per heavy atom. The Balaban J connectivity index is 1.63. The average molecular weight is 330 g/mol. The molecule has 0 unspecified atom stereocenters. The number of methoxy groups -OCH3 is 1. The van der Waals surface area contributed by atoms with Gasteiger partial charge in [-0.3, -0.25) is 10.00 Å². The molecule has 0 bridgehead atoms. The topological polar surface area (TPSA) is 46.1 Å². The van der Waals surface area contributed by atoms with E-state index < -0.39 is 0 Å². The zero-order valence-corrected chi connectivity index (χ0v) is 14.1. The van der Waals surface area contributed by atoms with Crippen molar-refractivity contribution in [1.29, 1.82) is 0 Å². The van der Waals surface area contributed by atoms with Gasteiger partial charge in [-0.25, -0.2) is 4.68 Å². The van der Waals surface area contributed by atoms with Gasteiger partial charge < -0.3 is 4.74 Å². The van der Waals surface area contributed by atoms with E-state index >= 15 is 0 Å². The van der Waals surface area contributed by atoms with Gasteiger partial charge in [0.2, 0.25) is 4.77 Å². The van der Waals surface area contributed by atoms with Crippen molar-refractivity contribution in [3.05, 3.63) is 46.5 Å². The number of rotatable bonds is 5. The summed E-state index contributed by atoms with van der Waals surface area (Å²) in [5.41, 5.74) is 1.14. The van der Waals surface area contributed by atoms with E-state index in [1.54, 1.807) is 7.11 Å². The molecule has 1 N–H and O–H groups in total. The SMILES string of the molecule is COC1CCN(Cn2[nH]c(/C=C/c3ccccc3)nc2=S)CC1. The number of hydrogen-bond donors (Lipinski definition) is 1. The number of benzene rings is 1. The van der Waals surface area contributed by atoms with Crippen LogP contribution in [0.25, 0.3) is 12.2 Å². The van der Waals surface area contributed by atoms with Crippen LogP contribution in [0.4, 0.5) is 0 Å². The summed E-state index contributed by atoms with van der Waals surface area (Å²) < 4.78 is 7.92. The lowest BCUT2D eigenvalue weighted by Crippen LogP contribution is -2.38. The molecule has 0 aliphatic carbocycles. The van der Waals surface area contributed by atoms with Gasteiger partial charge in [-0.05, 0) is 36.7 Å². The molecule has 6 heteroatoms. The highest BCUT2D eigenvalue weighted by Gasteiger charge is 2.19. The molecular formula is C17H22N4OS. The summed E-state index contributed by atoms with van der Waals surface area (Å²) in [7, 11) is 1.79. The van der Waals surface area contributed by atoms with Gasteiger partial charge in [0.25, 0.3) is 0 Å². The highest BCUT2D eigenvalue weighted by atomic mass is 32.1. The van der Waals surface area contributed by atoms with E-state index in [-0.39, 0.29) is 0 Å². The van der Waals surface area contributed by atoms with Crippen molar-refractivity contribution >= 4 is 24.4 Å². The van der Waals surface area contributed by atoms with E-state index in [4.69, 9.17) is 17.0 Å². The number of H-pyrrole nitrogens is 1. The second-order valence-corrected chi connectivity index (χ2v) is 6.12. The molecule has 1 aromatic carbocycles. The van der Waals surface area contributed by atoms with Gasteiger partial charge in [0, 0.05) is 20.2 Å². The first kappa shape index (κ1) is 16.1. The summed E-state index contributed by atoms with van der Waals surface area (Å²) >= 11 is 5.35. The molecule has 2 heterocycles. The summed E-state index contributed by atoms with van der Waals surface area (Å²) in [6, 6.07) is 10.2. The van der Waals surface area contributed by atoms with E-state index in [1.165, 1.54) is 0 Å². The first-order chi connectivity index (χ1) is 11.2. The van der Waals surface area contributed by atoms with Gasteiger partial charge in [-0.15, -0.1) is 0 Å². The molecule has 2 aromatic rings. The van der Waals surface area contributed by atoms with Crippen LogP contribution < -0.4 is 0 Å². The minimum absolute atomic E-state index is 0.394. The third kappa shape index (κ3) is 4.37. The molecular weight excluding hydrogens is 308 g/mol. The predicted molar refractivity (Wildman–Crippen MR) is 94.4 cm³/mol. The maximum Gasteiger partial charge on any atom is 0.217 e. The second-order valence-electron chi connectivity index (χ2n) is 5.76. The molecule has 5 nitrogen and oxygen atoms in total. The molecule has 122 valence electrons. The Hall–Kier alpha value is -1.76. The third-order valence-corrected chi connectivity index (χ3v) is 4.45. The Morgan fingerprint density at radius 1 is 1.26 bits per heavy atom. The Labute approximate surface area is 141 Å². The number of piperidine rings is 1. The lowest BCUT2D eigenvalue weighted by atomic mass is 10.1. The fourth-order valence-corrected chi connectivity index (χ4v) is 2.97. The van der Waals surface area contributed by atoms with E-state index in [9.17, 15) is 0 Å². The predicted octanol–water partition coefficient (Wildman–Crippen LogP) is 3.18. The Morgan fingerprint density at radius 3 is 2.70 bits per heavy atom. The number of aromatic nitrogens is 3. The zero-order valence-electron chi connectivity index (χ0n) is 13.3. The fraction of sp³-hybridized carbons (Fsp3) is 0.412. The summed E-state index contributed by atoms with van der Waals surface area (Å²) in [5, 5.41) is 3.27. The summed E-state index contributed by atoms with van der Waals surface area (Å²) in [4.78, 5) is 6.78. The lowest BCUT2D eigenvalue weighted by Gasteiger charge is -2.30. The van der Waals surface area contributed by atoms with Gasteiger partial charge in [-0.2, -0.15) is 4.98 Å². The molecule has 1 saturated heterocycles. The van der Waals surface area contributed by atoms with Crippen molar-refractivity contribution in [2.24, 2.45) is 0 Å². The number of likely N-dealkylation sites (tertiary alicyclic amines) is 1. The van der Waals surface area contributed by atoms with Crippen molar-refractivity contribution in [1.82, 2.24) is 19.7 Å². The first-order valence-electron chi connectivity index (χ1n) is 7.90. The summed E-state index contributed by atoms with van der Waals surface area (Å²) in [6.07, 6.45) is 6.52. The normalized spacial score (nSPS) is 17.1. The molecule has 0 saturated carbocycles. The van der Waals surface area contributed by atoms with Crippen LogP contribution in [0.1, 0.15) is 24.2 Å². The molecule has 1 aliphatic rings. The third-order valence-electron chi connectivity index (χ3n) is 4.14. The second kappa shape index (κ2) is 7.68. The lowest BCUT2D eigenvalue weighted by molar-refractivity contribution is 0.0301. The molecule has 0 amide bonds. The molecule has 0 atom stereocenters. The first-order valence-corrected chi connectivity index (χ1v) is 8.30. The van der Waals surface area contributed by atoms with Crippen LogP contribution in [0.5, 0.6) is 0 Å². The van der Waals surface area contributed by atoms with Crippen LogP contribution in [0.15, 0.2) is 30.3 Å². The molecule has 23 heavy (non-hydrogen) atoms. The molecule has 3 rings (SSSR count). The average Bonchev–Trinajstić information content (AvgIpc) is 2.94. The minimum Gasteiger partial charge on any atom is -0.381 e. The molecule has 0 radical (unpaired) electrons. The number of ether oxygens (including phenoxy) is 1. The molecule has 1 fully saturated rings. The number of nitrogens with one attached hydrogen (secondary N) is 1. The van der Waals surface area contributed by atoms with Crippen molar-refractivity contribution in [3.8, 4) is 0 Å². The summed E-state index contributed by atoms with van der Waals surface area (Å²) in [5.74, 6) is 0.783. The summed E-state index contributed by atoms with van der Waals surface area (Å²) in [6.45, 7) is 2.80. The van der Waals surface area contributed by atoms with Crippen molar-refractivity contribution in [2.75, 3.05) is 20.2 Å². The minimum atomic E-state index is 0.394. The number of nitrogens with zero attached hydrogens (tertiary/aromatic N) is 3. The standard InChI is InChI=1S/C17H22N4OS/c1-22-15-9-11-20(12-10-15)13-21-17(23)18-16(19-21)8-7-14-5-3-2-4-6-14/h2-8,15H,9-13H2,1H3,(H,18,19,23)/b8-7+. The Kier molecular flexibility index (Phi) is 5.38. The van der Waals surface area contributed by atoms with Crippen LogP contribution >= 0.6 is 12.2 Å². The van der Waals surface area contributed by atoms with Gasteiger partial charge >= 0.3 is 0 Å². The molecule has 1 aliphatic heterocycles. The Bertz CT molecular complexity index is 699. The van der Waals surface area contributed by atoms with Gasteiger partial charge in [0.1, 0.15) is 5.82 Å². The van der Waals surface area contributed by atoms with E-state index in [2.05, 4.69) is 27.1 Å². The van der Waals surface area contributed by atoms with Crippen molar-refractivity contribution in [3.63, 3.8) is 0 Å².